The Hall–Kier alpha value is -0.330. The Morgan fingerprint density at radius 1 is 1.44 bits per heavy atom. The summed E-state index contributed by atoms with van der Waals surface area (Å²) in [5.74, 6) is 1.15. The second kappa shape index (κ2) is 4.54. The van der Waals surface area contributed by atoms with E-state index in [4.69, 9.17) is 5.41 Å². The Bertz CT molecular complexity index is 78.6. The molecular formula is C8H17N. The van der Waals surface area contributed by atoms with E-state index in [9.17, 15) is 0 Å². The fourth-order valence-corrected chi connectivity index (χ4v) is 0.882. The van der Waals surface area contributed by atoms with Gasteiger partial charge in [0, 0.05) is 0 Å². The van der Waals surface area contributed by atoms with Gasteiger partial charge in [0.1, 0.15) is 0 Å². The maximum Gasteiger partial charge on any atom is -0.00168 e. The zero-order chi connectivity index (χ0) is 7.28. The van der Waals surface area contributed by atoms with Crippen molar-refractivity contribution in [1.29, 1.82) is 5.41 Å². The van der Waals surface area contributed by atoms with E-state index in [1.54, 1.807) is 6.21 Å². The number of nitrogens with one attached hydrogen (secondary N) is 1. The zero-order valence-corrected chi connectivity index (χ0v) is 6.65. The highest BCUT2D eigenvalue weighted by molar-refractivity contribution is 5.56. The highest BCUT2D eigenvalue weighted by atomic mass is 14.3. The molecule has 9 heavy (non-hydrogen) atoms. The number of hydrogen-bond donors (Lipinski definition) is 1. The minimum absolute atomic E-state index is 0.463. The lowest BCUT2D eigenvalue weighted by Crippen LogP contribution is -2.07. The number of hydrogen-bond acceptors (Lipinski definition) is 1. The molecular weight excluding hydrogens is 110 g/mol. The highest BCUT2D eigenvalue weighted by Crippen LogP contribution is 2.13. The van der Waals surface area contributed by atoms with Crippen molar-refractivity contribution in [2.45, 2.75) is 33.6 Å². The predicted molar refractivity (Wildman–Crippen MR) is 42.0 cm³/mol. The summed E-state index contributed by atoms with van der Waals surface area (Å²) in [5.41, 5.74) is 0. The minimum Gasteiger partial charge on any atom is -0.313 e. The summed E-state index contributed by atoms with van der Waals surface area (Å²) in [6, 6.07) is 0. The molecule has 0 aromatic carbocycles. The van der Waals surface area contributed by atoms with E-state index in [0.717, 1.165) is 0 Å². The second-order valence-corrected chi connectivity index (χ2v) is 2.79. The third kappa shape index (κ3) is 3.28. The Balaban J connectivity index is 3.44. The van der Waals surface area contributed by atoms with Crippen molar-refractivity contribution in [3.8, 4) is 0 Å². The van der Waals surface area contributed by atoms with E-state index in [-0.39, 0.29) is 0 Å². The molecule has 1 nitrogen and oxygen atoms in total. The van der Waals surface area contributed by atoms with Gasteiger partial charge in [-0.15, -0.1) is 0 Å². The van der Waals surface area contributed by atoms with Crippen molar-refractivity contribution in [2.24, 2.45) is 11.8 Å². The molecule has 1 heteroatoms. The Morgan fingerprint density at radius 2 is 2.00 bits per heavy atom. The molecule has 54 valence electrons. The molecule has 0 saturated heterocycles. The normalized spacial score (nSPS) is 16.8. The number of rotatable bonds is 4. The van der Waals surface area contributed by atoms with Crippen LogP contribution < -0.4 is 0 Å². The van der Waals surface area contributed by atoms with Crippen LogP contribution >= 0.6 is 0 Å². The van der Waals surface area contributed by atoms with Gasteiger partial charge in [-0.05, 0) is 18.1 Å². The molecule has 0 radical (unpaired) electrons. The quantitative estimate of drug-likeness (QED) is 0.561. The van der Waals surface area contributed by atoms with Crippen LogP contribution in [0, 0.1) is 17.2 Å². The first-order valence-electron chi connectivity index (χ1n) is 3.73. The van der Waals surface area contributed by atoms with Crippen molar-refractivity contribution >= 4 is 6.21 Å². The van der Waals surface area contributed by atoms with Crippen molar-refractivity contribution in [2.75, 3.05) is 0 Å². The van der Waals surface area contributed by atoms with Gasteiger partial charge < -0.3 is 5.41 Å². The van der Waals surface area contributed by atoms with Crippen LogP contribution in [0.15, 0.2) is 0 Å². The summed E-state index contributed by atoms with van der Waals surface area (Å²) in [6.45, 7) is 6.50. The van der Waals surface area contributed by atoms with Crippen LogP contribution in [0.4, 0.5) is 0 Å². The highest BCUT2D eigenvalue weighted by Gasteiger charge is 2.06. The Labute approximate surface area is 58.0 Å². The monoisotopic (exact) mass is 127 g/mol. The van der Waals surface area contributed by atoms with Crippen molar-refractivity contribution in [3.05, 3.63) is 0 Å². The SMILES string of the molecule is CCCC(C)C(C)C=N. The molecule has 0 bridgehead atoms. The summed E-state index contributed by atoms with van der Waals surface area (Å²) in [7, 11) is 0. The topological polar surface area (TPSA) is 23.9 Å². The van der Waals surface area contributed by atoms with Crippen LogP contribution in [0.25, 0.3) is 0 Å². The van der Waals surface area contributed by atoms with Crippen LogP contribution in [0.3, 0.4) is 0 Å². The average molecular weight is 127 g/mol. The fraction of sp³-hybridized carbons (Fsp3) is 0.875. The summed E-state index contributed by atoms with van der Waals surface area (Å²) >= 11 is 0. The molecule has 0 fully saturated rings. The van der Waals surface area contributed by atoms with Gasteiger partial charge in [0.25, 0.3) is 0 Å². The van der Waals surface area contributed by atoms with Gasteiger partial charge in [-0.2, -0.15) is 0 Å². The van der Waals surface area contributed by atoms with E-state index < -0.39 is 0 Å². The zero-order valence-electron chi connectivity index (χ0n) is 6.65. The molecule has 0 aliphatic heterocycles. The Morgan fingerprint density at radius 3 is 2.33 bits per heavy atom. The van der Waals surface area contributed by atoms with E-state index >= 15 is 0 Å². The lowest BCUT2D eigenvalue weighted by atomic mass is 9.93. The summed E-state index contributed by atoms with van der Waals surface area (Å²) in [4.78, 5) is 0. The smallest absolute Gasteiger partial charge is 0.00168 e. The summed E-state index contributed by atoms with van der Waals surface area (Å²) in [5, 5.41) is 6.99. The maximum absolute atomic E-state index is 6.99. The molecule has 0 aromatic rings. The largest absolute Gasteiger partial charge is 0.313 e. The molecule has 0 aromatic heterocycles. The van der Waals surface area contributed by atoms with E-state index in [0.29, 0.717) is 11.8 Å². The molecule has 1 N–H and O–H groups in total. The molecule has 0 spiro atoms. The second-order valence-electron chi connectivity index (χ2n) is 2.79. The first kappa shape index (κ1) is 8.67. The third-order valence-corrected chi connectivity index (χ3v) is 1.90. The molecule has 0 aliphatic rings. The van der Waals surface area contributed by atoms with Crippen LogP contribution in [0.5, 0.6) is 0 Å². The fourth-order valence-electron chi connectivity index (χ4n) is 0.882. The molecule has 0 rings (SSSR count). The van der Waals surface area contributed by atoms with Gasteiger partial charge >= 0.3 is 0 Å². The first-order valence-corrected chi connectivity index (χ1v) is 3.73. The van der Waals surface area contributed by atoms with Crippen LogP contribution in [0.2, 0.25) is 0 Å². The van der Waals surface area contributed by atoms with Gasteiger partial charge in [-0.1, -0.05) is 33.6 Å². The predicted octanol–water partition coefficient (Wildman–Crippen LogP) is 2.71. The minimum atomic E-state index is 0.463. The van der Waals surface area contributed by atoms with Gasteiger partial charge in [0.05, 0.1) is 0 Å². The first-order chi connectivity index (χ1) is 4.22. The van der Waals surface area contributed by atoms with Gasteiger partial charge in [0.15, 0.2) is 0 Å². The van der Waals surface area contributed by atoms with Gasteiger partial charge in [0.2, 0.25) is 0 Å². The van der Waals surface area contributed by atoms with Crippen LogP contribution in [-0.4, -0.2) is 6.21 Å². The Kier molecular flexibility index (Phi) is 4.37. The molecule has 0 heterocycles. The van der Waals surface area contributed by atoms with Crippen LogP contribution in [0.1, 0.15) is 33.6 Å². The molecule has 2 unspecified atom stereocenters. The van der Waals surface area contributed by atoms with Gasteiger partial charge in [-0.25, -0.2) is 0 Å². The lowest BCUT2D eigenvalue weighted by molar-refractivity contribution is 0.449. The standard InChI is InChI=1S/C8H17N/c1-4-5-7(2)8(3)6-9/h6-9H,4-5H2,1-3H3. The van der Waals surface area contributed by atoms with Crippen LogP contribution in [-0.2, 0) is 0 Å². The van der Waals surface area contributed by atoms with E-state index in [2.05, 4.69) is 20.8 Å². The van der Waals surface area contributed by atoms with Crippen molar-refractivity contribution in [3.63, 3.8) is 0 Å². The third-order valence-electron chi connectivity index (χ3n) is 1.90. The average Bonchev–Trinajstić information content (AvgIpc) is 1.87. The van der Waals surface area contributed by atoms with Crippen molar-refractivity contribution < 1.29 is 0 Å². The summed E-state index contributed by atoms with van der Waals surface area (Å²) in [6.07, 6.45) is 4.02. The van der Waals surface area contributed by atoms with E-state index in [1.807, 2.05) is 0 Å². The summed E-state index contributed by atoms with van der Waals surface area (Å²) < 4.78 is 0. The molecule has 0 aliphatic carbocycles. The maximum atomic E-state index is 6.99. The van der Waals surface area contributed by atoms with Gasteiger partial charge in [-0.3, -0.25) is 0 Å². The lowest BCUT2D eigenvalue weighted by Gasteiger charge is -2.13. The molecule has 0 amide bonds. The molecule has 2 atom stereocenters. The van der Waals surface area contributed by atoms with Crippen molar-refractivity contribution in [1.82, 2.24) is 0 Å². The van der Waals surface area contributed by atoms with E-state index in [1.165, 1.54) is 12.8 Å². The molecule has 0 saturated carbocycles.